The average Bonchev–Trinajstić information content (AvgIpc) is 2.91. The molecule has 1 heterocycles. The number of nitro groups is 1. The van der Waals surface area contributed by atoms with Crippen LogP contribution in [0.4, 0.5) is 5.69 Å². The van der Waals surface area contributed by atoms with Gasteiger partial charge in [-0.2, -0.15) is 9.78 Å². The number of nitro benzene ring substituents is 1. The van der Waals surface area contributed by atoms with Gasteiger partial charge >= 0.3 is 11.7 Å². The van der Waals surface area contributed by atoms with E-state index >= 15 is 0 Å². The summed E-state index contributed by atoms with van der Waals surface area (Å²) in [6.07, 6.45) is 2.06. The number of para-hydroxylation sites is 1. The minimum absolute atomic E-state index is 0.0295. The van der Waals surface area contributed by atoms with Crippen molar-refractivity contribution in [1.29, 1.82) is 0 Å². The molecule has 0 saturated heterocycles. The number of aromatic carboxylic acids is 1. The molecule has 10 nitrogen and oxygen atoms in total. The molecule has 0 saturated carbocycles. The highest BCUT2D eigenvalue weighted by Crippen LogP contribution is 2.31. The molecule has 1 atom stereocenters. The smallest absolute Gasteiger partial charge is 0.335 e. The monoisotopic (exact) mass is 578 g/mol. The molecule has 194 valence electrons. The third-order valence-electron chi connectivity index (χ3n) is 6.00. The van der Waals surface area contributed by atoms with Gasteiger partial charge < -0.3 is 9.84 Å². The maximum Gasteiger partial charge on any atom is 0.335 e. The van der Waals surface area contributed by atoms with Crippen LogP contribution in [0.3, 0.4) is 0 Å². The number of ether oxygens (including phenoxy) is 1. The second-order valence-electron chi connectivity index (χ2n) is 8.55. The zero-order valence-electron chi connectivity index (χ0n) is 20.5. The number of aromatic nitrogens is 2. The van der Waals surface area contributed by atoms with Gasteiger partial charge in [0.2, 0.25) is 5.75 Å². The molecule has 0 radical (unpaired) electrons. The summed E-state index contributed by atoms with van der Waals surface area (Å²) >= 11 is 3.38. The number of carbonyl (C=O) groups is 1. The fraction of sp³-hybridized carbons (Fsp3) is 0.185. The lowest BCUT2D eigenvalue weighted by atomic mass is 10.1. The van der Waals surface area contributed by atoms with Crippen molar-refractivity contribution in [3.05, 3.63) is 108 Å². The largest absolute Gasteiger partial charge is 0.481 e. The highest BCUT2D eigenvalue weighted by Gasteiger charge is 2.20. The van der Waals surface area contributed by atoms with Gasteiger partial charge in [0.15, 0.2) is 0 Å². The second-order valence-corrected chi connectivity index (χ2v) is 9.46. The van der Waals surface area contributed by atoms with Crippen LogP contribution in [0.25, 0.3) is 10.9 Å². The predicted molar refractivity (Wildman–Crippen MR) is 146 cm³/mol. The van der Waals surface area contributed by atoms with Gasteiger partial charge in [-0.05, 0) is 48.4 Å². The number of nitrogens with zero attached hydrogens (tertiary/aromatic N) is 4. The van der Waals surface area contributed by atoms with E-state index in [0.29, 0.717) is 22.3 Å². The normalized spacial score (nSPS) is 12.1. The van der Waals surface area contributed by atoms with Crippen molar-refractivity contribution in [3.8, 4) is 5.75 Å². The van der Waals surface area contributed by atoms with Crippen molar-refractivity contribution >= 4 is 44.7 Å². The fourth-order valence-electron chi connectivity index (χ4n) is 3.74. The molecule has 0 aliphatic heterocycles. The molecule has 1 N–H and O–H groups in total. The van der Waals surface area contributed by atoms with E-state index in [2.05, 4.69) is 26.0 Å². The molecule has 0 amide bonds. The fourth-order valence-corrected chi connectivity index (χ4v) is 4.10. The summed E-state index contributed by atoms with van der Waals surface area (Å²) in [6.45, 7) is 3.87. The third kappa shape index (κ3) is 5.62. The van der Waals surface area contributed by atoms with E-state index in [1.54, 1.807) is 30.3 Å². The van der Waals surface area contributed by atoms with Crippen molar-refractivity contribution in [3.63, 3.8) is 0 Å². The first-order chi connectivity index (χ1) is 18.2. The van der Waals surface area contributed by atoms with E-state index in [1.165, 1.54) is 35.2 Å². The Morgan fingerprint density at radius 1 is 1.24 bits per heavy atom. The van der Waals surface area contributed by atoms with E-state index in [0.717, 1.165) is 10.9 Å². The summed E-state index contributed by atoms with van der Waals surface area (Å²) in [5.41, 5.74) is 0.938. The summed E-state index contributed by atoms with van der Waals surface area (Å²) in [5.74, 6) is -0.701. The van der Waals surface area contributed by atoms with Crippen molar-refractivity contribution in [2.24, 2.45) is 5.10 Å². The Labute approximate surface area is 225 Å². The predicted octanol–water partition coefficient (Wildman–Crippen LogP) is 5.74. The first-order valence-corrected chi connectivity index (χ1v) is 12.5. The minimum atomic E-state index is -1.06. The van der Waals surface area contributed by atoms with Gasteiger partial charge in [0.1, 0.15) is 12.4 Å². The molecular weight excluding hydrogens is 556 g/mol. The van der Waals surface area contributed by atoms with Crippen molar-refractivity contribution in [1.82, 2.24) is 9.66 Å². The lowest BCUT2D eigenvalue weighted by molar-refractivity contribution is -0.385. The van der Waals surface area contributed by atoms with Crippen LogP contribution in [-0.2, 0) is 6.61 Å². The number of carboxylic acid groups (broad SMARTS) is 1. The zero-order valence-corrected chi connectivity index (χ0v) is 22.1. The molecule has 38 heavy (non-hydrogen) atoms. The number of hydrogen-bond donors (Lipinski definition) is 1. The van der Waals surface area contributed by atoms with Crippen LogP contribution in [0.15, 0.2) is 75.0 Å². The number of benzene rings is 3. The van der Waals surface area contributed by atoms with E-state index in [-0.39, 0.29) is 40.6 Å². The first kappa shape index (κ1) is 26.7. The Balaban J connectivity index is 1.76. The SMILES string of the molecule is CC[C@H](C)c1nc2ccc(Br)cc2c(=O)n1N=Cc1cccc([N+](=O)[O-])c1OCc1ccc(C(=O)O)cc1. The standard InChI is InChI=1S/C27H23BrN4O6/c1-3-16(2)25-30-22-12-11-20(28)13-21(22)26(33)31(25)29-14-19-5-4-6-23(32(36)37)24(19)38-15-17-7-9-18(10-8-17)27(34)35/h4-14,16H,3,15H2,1-2H3,(H,34,35)/t16-/m0/s1. The van der Waals surface area contributed by atoms with Crippen molar-refractivity contribution < 1.29 is 19.6 Å². The first-order valence-electron chi connectivity index (χ1n) is 11.7. The van der Waals surface area contributed by atoms with E-state index in [1.807, 2.05) is 19.9 Å². The number of rotatable bonds is 9. The van der Waals surface area contributed by atoms with Crippen molar-refractivity contribution in [2.45, 2.75) is 32.8 Å². The Morgan fingerprint density at radius 3 is 2.63 bits per heavy atom. The maximum absolute atomic E-state index is 13.4. The molecule has 11 heteroatoms. The van der Waals surface area contributed by atoms with Crippen molar-refractivity contribution in [2.75, 3.05) is 0 Å². The summed E-state index contributed by atoms with van der Waals surface area (Å²) < 4.78 is 7.77. The molecule has 0 spiro atoms. The highest BCUT2D eigenvalue weighted by atomic mass is 79.9. The van der Waals surface area contributed by atoms with E-state index in [4.69, 9.17) is 9.84 Å². The lowest BCUT2D eigenvalue weighted by Gasteiger charge is -2.14. The molecule has 0 bridgehead atoms. The highest BCUT2D eigenvalue weighted by molar-refractivity contribution is 9.10. The van der Waals surface area contributed by atoms with Crippen LogP contribution in [0, 0.1) is 10.1 Å². The quantitative estimate of drug-likeness (QED) is 0.152. The number of halogens is 1. The maximum atomic E-state index is 13.4. The van der Waals surface area contributed by atoms with Gasteiger partial charge in [0, 0.05) is 22.0 Å². The molecule has 0 aliphatic rings. The molecule has 0 unspecified atom stereocenters. The average molecular weight is 579 g/mol. The van der Waals surface area contributed by atoms with Gasteiger partial charge in [-0.1, -0.05) is 48.0 Å². The molecule has 4 rings (SSSR count). The molecular formula is C27H23BrN4O6. The Morgan fingerprint density at radius 2 is 1.97 bits per heavy atom. The minimum Gasteiger partial charge on any atom is -0.481 e. The Kier molecular flexibility index (Phi) is 7.96. The summed E-state index contributed by atoms with van der Waals surface area (Å²) in [5, 5.41) is 25.6. The van der Waals surface area contributed by atoms with Crippen LogP contribution in [0.1, 0.15) is 53.5 Å². The van der Waals surface area contributed by atoms with E-state index < -0.39 is 10.9 Å². The number of fused-ring (bicyclic) bond motifs is 1. The van der Waals surface area contributed by atoms with Crippen LogP contribution < -0.4 is 10.3 Å². The molecule has 1 aromatic heterocycles. The summed E-state index contributed by atoms with van der Waals surface area (Å²) in [7, 11) is 0. The summed E-state index contributed by atoms with van der Waals surface area (Å²) in [6, 6.07) is 15.7. The van der Waals surface area contributed by atoms with E-state index in [9.17, 15) is 19.7 Å². The molecule has 0 fully saturated rings. The van der Waals surface area contributed by atoms with Gasteiger partial charge in [0.25, 0.3) is 5.56 Å². The second kappa shape index (κ2) is 11.3. The molecule has 4 aromatic rings. The van der Waals surface area contributed by atoms with Crippen LogP contribution in [-0.4, -0.2) is 31.9 Å². The van der Waals surface area contributed by atoms with Gasteiger partial charge in [0.05, 0.1) is 27.6 Å². The Bertz CT molecular complexity index is 1610. The molecule has 3 aromatic carbocycles. The lowest BCUT2D eigenvalue weighted by Crippen LogP contribution is -2.23. The van der Waals surface area contributed by atoms with Gasteiger partial charge in [-0.25, -0.2) is 9.78 Å². The topological polar surface area (TPSA) is 137 Å². The van der Waals surface area contributed by atoms with Crippen LogP contribution in [0.5, 0.6) is 5.75 Å². The zero-order chi connectivity index (χ0) is 27.4. The number of carboxylic acids is 1. The van der Waals surface area contributed by atoms with Crippen LogP contribution in [0.2, 0.25) is 0 Å². The van der Waals surface area contributed by atoms with Crippen LogP contribution >= 0.6 is 15.9 Å². The van der Waals surface area contributed by atoms with Gasteiger partial charge in [-0.3, -0.25) is 14.9 Å². The summed E-state index contributed by atoms with van der Waals surface area (Å²) in [4.78, 5) is 40.3. The third-order valence-corrected chi connectivity index (χ3v) is 6.50. The molecule has 0 aliphatic carbocycles. The number of hydrogen-bond acceptors (Lipinski definition) is 7. The van der Waals surface area contributed by atoms with Gasteiger partial charge in [-0.15, -0.1) is 0 Å². The Hall–Kier alpha value is -4.38.